The maximum Gasteiger partial charge on any atom is 0.200 e. The van der Waals surface area contributed by atoms with Crippen LogP contribution in [0, 0.1) is 0 Å². The van der Waals surface area contributed by atoms with Crippen LogP contribution in [0.5, 0.6) is 5.75 Å². The van der Waals surface area contributed by atoms with E-state index in [4.69, 9.17) is 9.15 Å². The summed E-state index contributed by atoms with van der Waals surface area (Å²) in [5.41, 5.74) is 2.98. The first-order valence-corrected chi connectivity index (χ1v) is 6.92. The van der Waals surface area contributed by atoms with Gasteiger partial charge >= 0.3 is 0 Å². The first-order chi connectivity index (χ1) is 10.2. The molecule has 0 spiro atoms. The first-order valence-electron chi connectivity index (χ1n) is 6.92. The Hall–Kier alpha value is -2.55. The highest BCUT2D eigenvalue weighted by molar-refractivity contribution is 5.83. The van der Waals surface area contributed by atoms with Gasteiger partial charge in [-0.3, -0.25) is 4.79 Å². The van der Waals surface area contributed by atoms with Crippen molar-refractivity contribution in [2.45, 2.75) is 13.3 Å². The standard InChI is InChI=1S/C18H16O3/c1-3-12-9-14-17(10-16(12)20-2)21-11-15(18(14)19)13-7-5-4-6-8-13/h4-11H,3H2,1-2H3. The van der Waals surface area contributed by atoms with Crippen molar-refractivity contribution in [1.82, 2.24) is 0 Å². The third kappa shape index (κ3) is 2.31. The highest BCUT2D eigenvalue weighted by Crippen LogP contribution is 2.26. The molecule has 3 rings (SSSR count). The Labute approximate surface area is 122 Å². The number of hydrogen-bond acceptors (Lipinski definition) is 3. The van der Waals surface area contributed by atoms with E-state index >= 15 is 0 Å². The third-order valence-electron chi connectivity index (χ3n) is 3.64. The van der Waals surface area contributed by atoms with Gasteiger partial charge in [0.25, 0.3) is 0 Å². The molecule has 0 aliphatic heterocycles. The largest absolute Gasteiger partial charge is 0.496 e. The molecular formula is C18H16O3. The van der Waals surface area contributed by atoms with Gasteiger partial charge in [0.15, 0.2) is 0 Å². The van der Waals surface area contributed by atoms with Crippen LogP contribution in [0.2, 0.25) is 0 Å². The van der Waals surface area contributed by atoms with Crippen LogP contribution in [-0.2, 0) is 6.42 Å². The summed E-state index contributed by atoms with van der Waals surface area (Å²) in [4.78, 5) is 12.7. The zero-order valence-electron chi connectivity index (χ0n) is 12.1. The van der Waals surface area contributed by atoms with Gasteiger partial charge in [0.2, 0.25) is 5.43 Å². The fourth-order valence-electron chi connectivity index (χ4n) is 2.49. The molecule has 0 amide bonds. The predicted octanol–water partition coefficient (Wildman–Crippen LogP) is 4.03. The summed E-state index contributed by atoms with van der Waals surface area (Å²) in [7, 11) is 1.62. The molecule has 0 radical (unpaired) electrons. The Kier molecular flexibility index (Phi) is 3.48. The molecule has 0 aliphatic rings. The van der Waals surface area contributed by atoms with E-state index in [0.717, 1.165) is 23.3 Å². The number of fused-ring (bicyclic) bond motifs is 1. The second kappa shape index (κ2) is 5.44. The van der Waals surface area contributed by atoms with Crippen molar-refractivity contribution in [3.05, 3.63) is 64.5 Å². The van der Waals surface area contributed by atoms with Crippen molar-refractivity contribution in [2.75, 3.05) is 7.11 Å². The van der Waals surface area contributed by atoms with E-state index in [2.05, 4.69) is 0 Å². The molecule has 0 bridgehead atoms. The van der Waals surface area contributed by atoms with E-state index in [1.165, 1.54) is 6.26 Å². The zero-order valence-corrected chi connectivity index (χ0v) is 12.1. The molecule has 3 aromatic rings. The number of benzene rings is 2. The van der Waals surface area contributed by atoms with Crippen LogP contribution in [-0.4, -0.2) is 7.11 Å². The Bertz CT molecular complexity index is 832. The Morgan fingerprint density at radius 3 is 2.57 bits per heavy atom. The van der Waals surface area contributed by atoms with Gasteiger partial charge in [0.05, 0.1) is 18.1 Å². The molecule has 0 saturated carbocycles. The number of rotatable bonds is 3. The maximum atomic E-state index is 12.7. The minimum atomic E-state index is -0.0141. The third-order valence-corrected chi connectivity index (χ3v) is 3.64. The normalized spacial score (nSPS) is 10.8. The van der Waals surface area contributed by atoms with Gasteiger partial charge in [-0.05, 0) is 23.6 Å². The van der Waals surface area contributed by atoms with Gasteiger partial charge in [-0.25, -0.2) is 0 Å². The van der Waals surface area contributed by atoms with Crippen LogP contribution in [0.25, 0.3) is 22.1 Å². The minimum absolute atomic E-state index is 0.0141. The van der Waals surface area contributed by atoms with Crippen LogP contribution in [0.1, 0.15) is 12.5 Å². The van der Waals surface area contributed by atoms with Crippen molar-refractivity contribution in [2.24, 2.45) is 0 Å². The summed E-state index contributed by atoms with van der Waals surface area (Å²) in [6, 6.07) is 13.2. The molecule has 0 unspecified atom stereocenters. The Morgan fingerprint density at radius 2 is 1.90 bits per heavy atom. The van der Waals surface area contributed by atoms with Crippen molar-refractivity contribution in [3.8, 4) is 16.9 Å². The molecule has 1 heterocycles. The summed E-state index contributed by atoms with van der Waals surface area (Å²) in [6.45, 7) is 2.03. The van der Waals surface area contributed by atoms with Crippen molar-refractivity contribution < 1.29 is 9.15 Å². The van der Waals surface area contributed by atoms with Gasteiger partial charge in [-0.2, -0.15) is 0 Å². The van der Waals surface area contributed by atoms with Crippen LogP contribution in [0.15, 0.2) is 57.9 Å². The number of methoxy groups -OCH3 is 1. The van der Waals surface area contributed by atoms with Gasteiger partial charge in [-0.15, -0.1) is 0 Å². The highest BCUT2D eigenvalue weighted by Gasteiger charge is 2.12. The van der Waals surface area contributed by atoms with Gasteiger partial charge in [-0.1, -0.05) is 37.3 Å². The van der Waals surface area contributed by atoms with E-state index in [-0.39, 0.29) is 5.43 Å². The molecule has 0 atom stereocenters. The highest BCUT2D eigenvalue weighted by atomic mass is 16.5. The smallest absolute Gasteiger partial charge is 0.200 e. The summed E-state index contributed by atoms with van der Waals surface area (Å²) in [5.74, 6) is 0.751. The van der Waals surface area contributed by atoms with Gasteiger partial charge < -0.3 is 9.15 Å². The second-order valence-electron chi connectivity index (χ2n) is 4.86. The lowest BCUT2D eigenvalue weighted by atomic mass is 10.0. The topological polar surface area (TPSA) is 39.4 Å². The predicted molar refractivity (Wildman–Crippen MR) is 83.9 cm³/mol. The summed E-state index contributed by atoms with van der Waals surface area (Å²) < 4.78 is 11.0. The van der Waals surface area contributed by atoms with Crippen molar-refractivity contribution >= 4 is 11.0 Å². The second-order valence-corrected chi connectivity index (χ2v) is 4.86. The lowest BCUT2D eigenvalue weighted by molar-refractivity contribution is 0.409. The summed E-state index contributed by atoms with van der Waals surface area (Å²) >= 11 is 0. The molecule has 106 valence electrons. The molecule has 0 fully saturated rings. The summed E-state index contributed by atoms with van der Waals surface area (Å²) in [6.07, 6.45) is 2.32. The minimum Gasteiger partial charge on any atom is -0.496 e. The average Bonchev–Trinajstić information content (AvgIpc) is 2.55. The monoisotopic (exact) mass is 280 g/mol. The summed E-state index contributed by atoms with van der Waals surface area (Å²) in [5, 5.41) is 0.592. The lowest BCUT2D eigenvalue weighted by Gasteiger charge is -2.09. The van der Waals surface area contributed by atoms with Gasteiger partial charge in [0.1, 0.15) is 17.6 Å². The molecule has 3 heteroatoms. The van der Waals surface area contributed by atoms with Crippen LogP contribution in [0.3, 0.4) is 0 Å². The Morgan fingerprint density at radius 1 is 1.14 bits per heavy atom. The lowest BCUT2D eigenvalue weighted by Crippen LogP contribution is -2.05. The van der Waals surface area contributed by atoms with Crippen LogP contribution < -0.4 is 10.2 Å². The van der Waals surface area contributed by atoms with Crippen LogP contribution >= 0.6 is 0 Å². The van der Waals surface area contributed by atoms with E-state index in [0.29, 0.717) is 16.5 Å². The molecular weight excluding hydrogens is 264 g/mol. The van der Waals surface area contributed by atoms with Crippen molar-refractivity contribution in [3.63, 3.8) is 0 Å². The van der Waals surface area contributed by atoms with Gasteiger partial charge in [0, 0.05) is 6.07 Å². The van der Waals surface area contributed by atoms with E-state index in [1.807, 2.05) is 43.3 Å². The maximum absolute atomic E-state index is 12.7. The van der Waals surface area contributed by atoms with Crippen molar-refractivity contribution in [1.29, 1.82) is 0 Å². The Balaban J connectivity index is 2.28. The first kappa shape index (κ1) is 13.4. The van der Waals surface area contributed by atoms with E-state index < -0.39 is 0 Å². The number of hydrogen-bond donors (Lipinski definition) is 0. The zero-order chi connectivity index (χ0) is 14.8. The fourth-order valence-corrected chi connectivity index (χ4v) is 2.49. The van der Waals surface area contributed by atoms with E-state index in [9.17, 15) is 4.79 Å². The van der Waals surface area contributed by atoms with Crippen LogP contribution in [0.4, 0.5) is 0 Å². The average molecular weight is 280 g/mol. The molecule has 21 heavy (non-hydrogen) atoms. The molecule has 3 nitrogen and oxygen atoms in total. The SMILES string of the molecule is CCc1cc2c(=O)c(-c3ccccc3)coc2cc1OC. The molecule has 1 aromatic heterocycles. The fraction of sp³-hybridized carbons (Fsp3) is 0.167. The number of aryl methyl sites for hydroxylation is 1. The molecule has 0 N–H and O–H groups in total. The van der Waals surface area contributed by atoms with E-state index in [1.54, 1.807) is 13.2 Å². The quantitative estimate of drug-likeness (QED) is 0.727. The molecule has 0 aliphatic carbocycles. The molecule has 0 saturated heterocycles. The number of ether oxygens (including phenoxy) is 1. The molecule has 2 aromatic carbocycles.